The van der Waals surface area contributed by atoms with E-state index in [-0.39, 0.29) is 11.3 Å². The van der Waals surface area contributed by atoms with Gasteiger partial charge in [0, 0.05) is 0 Å². The zero-order chi connectivity index (χ0) is 12.3. The third kappa shape index (κ3) is 2.73. The Hall–Kier alpha value is -1.56. The number of benzene rings is 1. The first kappa shape index (κ1) is 12.5. The number of halogens is 1. The van der Waals surface area contributed by atoms with Gasteiger partial charge in [-0.05, 0) is 35.0 Å². The molecule has 0 bridgehead atoms. The molecular formula is C10H10BrNO4. The van der Waals surface area contributed by atoms with Crippen molar-refractivity contribution in [3.8, 4) is 5.75 Å². The first-order valence-corrected chi connectivity index (χ1v) is 5.20. The number of hydrogen-bond acceptors (Lipinski definition) is 3. The Morgan fingerprint density at radius 1 is 1.50 bits per heavy atom. The molecule has 1 atom stereocenters. The monoisotopic (exact) mass is 287 g/mol. The number of aromatic carboxylic acids is 1. The number of para-hydroxylation sites is 1. The molecule has 1 aromatic carbocycles. The van der Waals surface area contributed by atoms with Crippen molar-refractivity contribution >= 4 is 27.8 Å². The summed E-state index contributed by atoms with van der Waals surface area (Å²) in [6.45, 7) is 1.45. The van der Waals surface area contributed by atoms with Gasteiger partial charge in [0.05, 0.1) is 4.47 Å². The molecule has 1 aromatic rings. The molecule has 0 heterocycles. The summed E-state index contributed by atoms with van der Waals surface area (Å²) in [7, 11) is 0. The number of hydrogen-bond donors (Lipinski definition) is 2. The van der Waals surface area contributed by atoms with E-state index in [0.717, 1.165) is 0 Å². The number of primary amides is 1. The van der Waals surface area contributed by atoms with Gasteiger partial charge in [-0.3, -0.25) is 4.79 Å². The highest BCUT2D eigenvalue weighted by Crippen LogP contribution is 2.29. The van der Waals surface area contributed by atoms with Crippen molar-refractivity contribution in [1.29, 1.82) is 0 Å². The van der Waals surface area contributed by atoms with Gasteiger partial charge in [0.25, 0.3) is 5.91 Å². The highest BCUT2D eigenvalue weighted by Gasteiger charge is 2.18. The van der Waals surface area contributed by atoms with Gasteiger partial charge in [0.15, 0.2) is 6.10 Å². The summed E-state index contributed by atoms with van der Waals surface area (Å²) in [5.74, 6) is -1.69. The molecule has 0 saturated carbocycles. The number of amides is 1. The summed E-state index contributed by atoms with van der Waals surface area (Å²) in [5.41, 5.74) is 5.01. The largest absolute Gasteiger partial charge is 0.479 e. The van der Waals surface area contributed by atoms with E-state index in [1.165, 1.54) is 13.0 Å². The topological polar surface area (TPSA) is 89.6 Å². The average molecular weight is 288 g/mol. The maximum Gasteiger partial charge on any atom is 0.339 e. The van der Waals surface area contributed by atoms with Crippen molar-refractivity contribution in [2.75, 3.05) is 0 Å². The Labute approximate surface area is 100 Å². The molecule has 5 nitrogen and oxygen atoms in total. The van der Waals surface area contributed by atoms with E-state index >= 15 is 0 Å². The lowest BCUT2D eigenvalue weighted by molar-refractivity contribution is -0.124. The van der Waals surface area contributed by atoms with Gasteiger partial charge in [0.1, 0.15) is 11.3 Å². The van der Waals surface area contributed by atoms with Crippen molar-refractivity contribution in [1.82, 2.24) is 0 Å². The van der Waals surface area contributed by atoms with Gasteiger partial charge in [-0.1, -0.05) is 6.07 Å². The van der Waals surface area contributed by atoms with Gasteiger partial charge in [0.2, 0.25) is 0 Å². The molecule has 1 unspecified atom stereocenters. The molecule has 0 spiro atoms. The Morgan fingerprint density at radius 3 is 2.62 bits per heavy atom. The number of carbonyl (C=O) groups excluding carboxylic acids is 1. The number of carboxylic acid groups (broad SMARTS) is 1. The lowest BCUT2D eigenvalue weighted by Crippen LogP contribution is -2.31. The maximum atomic E-state index is 10.9. The number of rotatable bonds is 4. The maximum absolute atomic E-state index is 10.9. The lowest BCUT2D eigenvalue weighted by Gasteiger charge is -2.14. The Kier molecular flexibility index (Phi) is 3.89. The van der Waals surface area contributed by atoms with Crippen LogP contribution in [0.1, 0.15) is 17.3 Å². The fourth-order valence-electron chi connectivity index (χ4n) is 1.03. The van der Waals surface area contributed by atoms with Gasteiger partial charge < -0.3 is 15.6 Å². The van der Waals surface area contributed by atoms with Crippen LogP contribution in [0.4, 0.5) is 0 Å². The van der Waals surface area contributed by atoms with Gasteiger partial charge in [-0.15, -0.1) is 0 Å². The highest BCUT2D eigenvalue weighted by molar-refractivity contribution is 9.10. The van der Waals surface area contributed by atoms with Crippen LogP contribution in [0, 0.1) is 0 Å². The standard InChI is InChI=1S/C10H10BrNO4/c1-5(9(12)13)16-8-6(10(14)15)3-2-4-7(8)11/h2-5H,1H3,(H2,12,13)(H,14,15). The first-order chi connectivity index (χ1) is 7.43. The molecule has 16 heavy (non-hydrogen) atoms. The lowest BCUT2D eigenvalue weighted by atomic mass is 10.2. The quantitative estimate of drug-likeness (QED) is 0.876. The summed E-state index contributed by atoms with van der Waals surface area (Å²) >= 11 is 3.15. The molecule has 86 valence electrons. The van der Waals surface area contributed by atoms with E-state index < -0.39 is 18.0 Å². The number of carbonyl (C=O) groups is 2. The molecular weight excluding hydrogens is 278 g/mol. The van der Waals surface area contributed by atoms with E-state index in [1.807, 2.05) is 0 Å². The molecule has 0 radical (unpaired) electrons. The van der Waals surface area contributed by atoms with Crippen LogP contribution in [0.25, 0.3) is 0 Å². The van der Waals surface area contributed by atoms with Gasteiger partial charge >= 0.3 is 5.97 Å². The molecule has 1 rings (SSSR count). The smallest absolute Gasteiger partial charge is 0.339 e. The first-order valence-electron chi connectivity index (χ1n) is 4.41. The molecule has 0 aromatic heterocycles. The van der Waals surface area contributed by atoms with E-state index in [2.05, 4.69) is 15.9 Å². The fourth-order valence-corrected chi connectivity index (χ4v) is 1.49. The van der Waals surface area contributed by atoms with Crippen molar-refractivity contribution in [3.05, 3.63) is 28.2 Å². The summed E-state index contributed by atoms with van der Waals surface area (Å²) in [6.07, 6.45) is -0.892. The zero-order valence-corrected chi connectivity index (χ0v) is 10.0. The van der Waals surface area contributed by atoms with E-state index in [1.54, 1.807) is 12.1 Å². The Balaban J connectivity index is 3.11. The molecule has 3 N–H and O–H groups in total. The minimum atomic E-state index is -1.13. The normalized spacial score (nSPS) is 11.9. The van der Waals surface area contributed by atoms with Crippen LogP contribution in [0.2, 0.25) is 0 Å². The zero-order valence-electron chi connectivity index (χ0n) is 8.44. The minimum Gasteiger partial charge on any atom is -0.479 e. The number of nitrogens with two attached hydrogens (primary N) is 1. The van der Waals surface area contributed by atoms with Crippen molar-refractivity contribution in [2.24, 2.45) is 5.73 Å². The minimum absolute atomic E-state index is 0.0255. The SMILES string of the molecule is CC(Oc1c(Br)cccc1C(=O)O)C(N)=O. The molecule has 0 aliphatic carbocycles. The molecule has 0 saturated heterocycles. The van der Waals surface area contributed by atoms with Crippen LogP contribution in [0.15, 0.2) is 22.7 Å². The molecule has 6 heteroatoms. The van der Waals surface area contributed by atoms with Crippen LogP contribution in [0.5, 0.6) is 5.75 Å². The summed E-state index contributed by atoms with van der Waals surface area (Å²) < 4.78 is 5.66. The second-order valence-electron chi connectivity index (χ2n) is 3.08. The summed E-state index contributed by atoms with van der Waals surface area (Å²) in [4.78, 5) is 21.7. The number of carboxylic acids is 1. The van der Waals surface area contributed by atoms with Gasteiger partial charge in [-0.2, -0.15) is 0 Å². The van der Waals surface area contributed by atoms with Crippen LogP contribution in [0.3, 0.4) is 0 Å². The fraction of sp³-hybridized carbons (Fsp3) is 0.200. The van der Waals surface area contributed by atoms with Gasteiger partial charge in [-0.25, -0.2) is 4.79 Å². The van der Waals surface area contributed by atoms with Crippen LogP contribution >= 0.6 is 15.9 Å². The van der Waals surface area contributed by atoms with Crippen molar-refractivity contribution in [2.45, 2.75) is 13.0 Å². The summed E-state index contributed by atoms with van der Waals surface area (Å²) in [5, 5.41) is 8.92. The third-order valence-electron chi connectivity index (χ3n) is 1.89. The molecule has 1 amide bonds. The Bertz CT molecular complexity index is 433. The molecule has 0 aliphatic rings. The van der Waals surface area contributed by atoms with Crippen LogP contribution in [-0.4, -0.2) is 23.1 Å². The summed E-state index contributed by atoms with van der Waals surface area (Å²) in [6, 6.07) is 4.57. The van der Waals surface area contributed by atoms with Crippen molar-refractivity contribution in [3.63, 3.8) is 0 Å². The predicted octanol–water partition coefficient (Wildman–Crippen LogP) is 1.40. The second-order valence-corrected chi connectivity index (χ2v) is 3.94. The second kappa shape index (κ2) is 4.98. The van der Waals surface area contributed by atoms with E-state index in [9.17, 15) is 9.59 Å². The van der Waals surface area contributed by atoms with Crippen molar-refractivity contribution < 1.29 is 19.4 Å². The number of ether oxygens (including phenoxy) is 1. The Morgan fingerprint density at radius 2 is 2.12 bits per heavy atom. The van der Waals surface area contributed by atoms with Crippen LogP contribution in [-0.2, 0) is 4.79 Å². The highest BCUT2D eigenvalue weighted by atomic mass is 79.9. The average Bonchev–Trinajstić information content (AvgIpc) is 2.20. The molecule has 0 fully saturated rings. The molecule has 0 aliphatic heterocycles. The van der Waals surface area contributed by atoms with Crippen LogP contribution < -0.4 is 10.5 Å². The van der Waals surface area contributed by atoms with E-state index in [4.69, 9.17) is 15.6 Å². The van der Waals surface area contributed by atoms with E-state index in [0.29, 0.717) is 4.47 Å². The predicted molar refractivity (Wildman–Crippen MR) is 60.4 cm³/mol. The third-order valence-corrected chi connectivity index (χ3v) is 2.52.